The van der Waals surface area contributed by atoms with E-state index in [9.17, 15) is 4.79 Å². The molecule has 0 spiro atoms. The maximum Gasteiger partial charge on any atom is 0.400 e. The van der Waals surface area contributed by atoms with Crippen LogP contribution in [0, 0.1) is 5.41 Å². The standard InChI is InChI=1S/C25H26N4O4/c1-15-7-8-20-22(29(15)16(2)30)10-9-19(17(11-26)12-27-18-13-31-14-18)24(20)33-25-28-21-5-3-4-6-23(21)32-25/h3-6,9-12,15,18,26-27H,7-8,13-14H2,1-2H3/b17-12+,26-11?/t15-/m0/s1. The van der Waals surface area contributed by atoms with Crippen molar-refractivity contribution >= 4 is 34.5 Å². The van der Waals surface area contributed by atoms with E-state index in [4.69, 9.17) is 19.3 Å². The van der Waals surface area contributed by atoms with Gasteiger partial charge in [0, 0.05) is 42.1 Å². The third-order valence-corrected chi connectivity index (χ3v) is 6.13. The summed E-state index contributed by atoms with van der Waals surface area (Å²) in [6.45, 7) is 4.91. The molecule has 2 aliphatic rings. The van der Waals surface area contributed by atoms with E-state index in [2.05, 4.69) is 10.3 Å². The van der Waals surface area contributed by atoms with Crippen LogP contribution in [0.4, 0.5) is 5.69 Å². The number of hydrogen-bond donors (Lipinski definition) is 2. The monoisotopic (exact) mass is 446 g/mol. The highest BCUT2D eigenvalue weighted by atomic mass is 16.6. The van der Waals surface area contributed by atoms with Crippen LogP contribution in [0.3, 0.4) is 0 Å². The summed E-state index contributed by atoms with van der Waals surface area (Å²) in [5.74, 6) is 0.539. The van der Waals surface area contributed by atoms with Gasteiger partial charge in [-0.05, 0) is 44.0 Å². The van der Waals surface area contributed by atoms with Crippen LogP contribution in [-0.2, 0) is 16.0 Å². The van der Waals surface area contributed by atoms with Crippen LogP contribution in [0.25, 0.3) is 16.7 Å². The number of amides is 1. The third kappa shape index (κ3) is 3.98. The zero-order valence-electron chi connectivity index (χ0n) is 18.6. The number of aromatic nitrogens is 1. The molecule has 0 aliphatic carbocycles. The van der Waals surface area contributed by atoms with Crippen LogP contribution in [0.15, 0.2) is 47.0 Å². The van der Waals surface area contributed by atoms with E-state index in [1.807, 2.05) is 49.5 Å². The molecule has 0 bridgehead atoms. The second-order valence-electron chi connectivity index (χ2n) is 8.41. The highest BCUT2D eigenvalue weighted by molar-refractivity contribution is 6.10. The lowest BCUT2D eigenvalue weighted by atomic mass is 9.92. The number of benzene rings is 2. The smallest absolute Gasteiger partial charge is 0.400 e. The van der Waals surface area contributed by atoms with Gasteiger partial charge in [0.2, 0.25) is 5.91 Å². The maximum atomic E-state index is 12.4. The van der Waals surface area contributed by atoms with Crippen LogP contribution in [0.1, 0.15) is 31.4 Å². The molecule has 33 heavy (non-hydrogen) atoms. The van der Waals surface area contributed by atoms with Gasteiger partial charge in [-0.25, -0.2) is 0 Å². The second-order valence-corrected chi connectivity index (χ2v) is 8.41. The number of hydrogen-bond acceptors (Lipinski definition) is 7. The van der Waals surface area contributed by atoms with Crippen LogP contribution >= 0.6 is 0 Å². The first-order chi connectivity index (χ1) is 16.0. The molecule has 3 aromatic rings. The van der Waals surface area contributed by atoms with Crippen LogP contribution < -0.4 is 15.0 Å². The Balaban J connectivity index is 1.62. The van der Waals surface area contributed by atoms with Crippen molar-refractivity contribution in [3.05, 3.63) is 53.7 Å². The van der Waals surface area contributed by atoms with Crippen molar-refractivity contribution in [3.63, 3.8) is 0 Å². The summed E-state index contributed by atoms with van der Waals surface area (Å²) < 4.78 is 17.3. The number of nitrogens with zero attached hydrogens (tertiary/aromatic N) is 2. The summed E-state index contributed by atoms with van der Waals surface area (Å²) in [6.07, 6.45) is 4.78. The lowest BCUT2D eigenvalue weighted by molar-refractivity contribution is -0.117. The fraction of sp³-hybridized carbons (Fsp3) is 0.320. The van der Waals surface area contributed by atoms with E-state index < -0.39 is 0 Å². The molecular formula is C25H26N4O4. The Morgan fingerprint density at radius 2 is 2.09 bits per heavy atom. The first-order valence-corrected chi connectivity index (χ1v) is 11.1. The number of nitrogens with one attached hydrogen (secondary N) is 2. The summed E-state index contributed by atoms with van der Waals surface area (Å²) in [7, 11) is 0. The Morgan fingerprint density at radius 1 is 1.27 bits per heavy atom. The van der Waals surface area contributed by atoms with Crippen molar-refractivity contribution in [2.75, 3.05) is 18.1 Å². The van der Waals surface area contributed by atoms with Crippen molar-refractivity contribution < 1.29 is 18.7 Å². The Morgan fingerprint density at radius 3 is 2.79 bits per heavy atom. The number of allylic oxidation sites excluding steroid dienone is 1. The van der Waals surface area contributed by atoms with Gasteiger partial charge in [-0.15, -0.1) is 0 Å². The fourth-order valence-corrected chi connectivity index (χ4v) is 4.35. The molecule has 1 fully saturated rings. The molecule has 8 heteroatoms. The third-order valence-electron chi connectivity index (χ3n) is 6.13. The number of fused-ring (bicyclic) bond motifs is 2. The lowest BCUT2D eigenvalue weighted by Gasteiger charge is -2.35. The van der Waals surface area contributed by atoms with Gasteiger partial charge in [0.25, 0.3) is 0 Å². The first-order valence-electron chi connectivity index (χ1n) is 11.1. The molecule has 170 valence electrons. The summed E-state index contributed by atoms with van der Waals surface area (Å²) >= 11 is 0. The SMILES string of the molecule is CC(=O)N1c2ccc(/C(C=N)=C/NC3COC3)c(Oc3nc4ccccc4o3)c2CC[C@@H]1C. The molecule has 1 atom stereocenters. The van der Waals surface area contributed by atoms with E-state index in [1.54, 1.807) is 11.8 Å². The average molecular weight is 447 g/mol. The van der Waals surface area contributed by atoms with Gasteiger partial charge in [0.1, 0.15) is 11.3 Å². The largest absolute Gasteiger partial charge is 0.410 e. The molecule has 2 N–H and O–H groups in total. The van der Waals surface area contributed by atoms with Crippen molar-refractivity contribution in [1.82, 2.24) is 10.3 Å². The van der Waals surface area contributed by atoms with Gasteiger partial charge in [-0.3, -0.25) is 4.79 Å². The van der Waals surface area contributed by atoms with Crippen molar-refractivity contribution in [1.29, 1.82) is 5.41 Å². The summed E-state index contributed by atoms with van der Waals surface area (Å²) in [6, 6.07) is 11.6. The molecule has 0 unspecified atom stereocenters. The molecule has 0 radical (unpaired) electrons. The molecule has 0 saturated carbocycles. The Kier molecular flexibility index (Phi) is 5.60. The summed E-state index contributed by atoms with van der Waals surface area (Å²) in [4.78, 5) is 18.7. The number of para-hydroxylation sites is 2. The number of rotatable bonds is 6. The lowest BCUT2D eigenvalue weighted by Crippen LogP contribution is -2.43. The van der Waals surface area contributed by atoms with E-state index >= 15 is 0 Å². The van der Waals surface area contributed by atoms with Gasteiger partial charge < -0.3 is 29.5 Å². The first kappa shape index (κ1) is 21.2. The van der Waals surface area contributed by atoms with E-state index in [1.165, 1.54) is 6.21 Å². The number of carbonyl (C=O) groups is 1. The molecule has 3 heterocycles. The highest BCUT2D eigenvalue weighted by Crippen LogP contribution is 2.43. The van der Waals surface area contributed by atoms with Crippen molar-refractivity contribution in [2.45, 2.75) is 38.8 Å². The molecule has 2 aliphatic heterocycles. The predicted octanol–water partition coefficient (Wildman–Crippen LogP) is 4.29. The normalized spacial score (nSPS) is 18.5. The zero-order chi connectivity index (χ0) is 22.9. The minimum Gasteiger partial charge on any atom is -0.410 e. The minimum atomic E-state index is -0.0153. The zero-order valence-corrected chi connectivity index (χ0v) is 18.6. The van der Waals surface area contributed by atoms with Crippen LogP contribution in [-0.4, -0.2) is 42.4 Å². The minimum absolute atomic E-state index is 0.0153. The van der Waals surface area contributed by atoms with Gasteiger partial charge in [0.05, 0.1) is 24.9 Å². The molecule has 1 saturated heterocycles. The molecule has 1 aromatic heterocycles. The molecule has 5 rings (SSSR count). The van der Waals surface area contributed by atoms with E-state index in [-0.39, 0.29) is 24.1 Å². The second kappa shape index (κ2) is 8.71. The molecule has 1 amide bonds. The Bertz CT molecular complexity index is 1210. The topological polar surface area (TPSA) is 101 Å². The number of anilines is 1. The molecular weight excluding hydrogens is 420 g/mol. The number of oxazole rings is 1. The van der Waals surface area contributed by atoms with E-state index in [0.29, 0.717) is 35.6 Å². The summed E-state index contributed by atoms with van der Waals surface area (Å²) in [5, 5.41) is 11.3. The highest BCUT2D eigenvalue weighted by Gasteiger charge is 2.31. The fourth-order valence-electron chi connectivity index (χ4n) is 4.35. The van der Waals surface area contributed by atoms with Gasteiger partial charge in [0.15, 0.2) is 5.58 Å². The van der Waals surface area contributed by atoms with Crippen molar-refractivity contribution in [2.24, 2.45) is 0 Å². The van der Waals surface area contributed by atoms with Crippen molar-refractivity contribution in [3.8, 4) is 11.8 Å². The molecule has 8 nitrogen and oxygen atoms in total. The van der Waals surface area contributed by atoms with Gasteiger partial charge in [-0.2, -0.15) is 4.98 Å². The number of carbonyl (C=O) groups excluding carboxylic acids is 1. The quantitative estimate of drug-likeness (QED) is 0.548. The Hall–Kier alpha value is -3.65. The van der Waals surface area contributed by atoms with E-state index in [0.717, 1.165) is 29.7 Å². The predicted molar refractivity (Wildman–Crippen MR) is 126 cm³/mol. The van der Waals surface area contributed by atoms with Crippen LogP contribution in [0.5, 0.6) is 11.8 Å². The number of ether oxygens (including phenoxy) is 2. The van der Waals surface area contributed by atoms with Gasteiger partial charge in [-0.1, -0.05) is 12.1 Å². The maximum absolute atomic E-state index is 12.4. The van der Waals surface area contributed by atoms with Crippen LogP contribution in [0.2, 0.25) is 0 Å². The average Bonchev–Trinajstić information content (AvgIpc) is 3.18. The summed E-state index contributed by atoms with van der Waals surface area (Å²) in [5.41, 5.74) is 4.45. The Labute approximate surface area is 191 Å². The molecule has 2 aromatic carbocycles. The van der Waals surface area contributed by atoms with Gasteiger partial charge >= 0.3 is 6.08 Å².